The van der Waals surface area contributed by atoms with E-state index in [1.165, 1.54) is 5.56 Å². The number of rotatable bonds is 6. The maximum absolute atomic E-state index is 6.23. The van der Waals surface area contributed by atoms with Crippen LogP contribution in [0.1, 0.15) is 39.7 Å². The molecule has 0 aliphatic heterocycles. The normalized spacial score (nSPS) is 11.1. The minimum atomic E-state index is -0.0186. The molecule has 0 aromatic heterocycles. The van der Waals surface area contributed by atoms with E-state index in [1.807, 2.05) is 24.1 Å². The van der Waals surface area contributed by atoms with E-state index in [0.717, 1.165) is 30.0 Å². The van der Waals surface area contributed by atoms with Gasteiger partial charge < -0.3 is 15.5 Å². The first kappa shape index (κ1) is 17.2. The molecule has 1 rings (SSSR count). The van der Waals surface area contributed by atoms with Gasteiger partial charge in [-0.15, -0.1) is 0 Å². The standard InChI is InChI=1S/C18H29N3/c1-8-10-15-11-12-17(16(19)13-15)21(9-2)14(3)20(7)18(4,5)6/h9,11-13H,2-3,8,10,19H2,1,4-7H3. The van der Waals surface area contributed by atoms with Gasteiger partial charge in [-0.1, -0.05) is 32.6 Å². The summed E-state index contributed by atoms with van der Waals surface area (Å²) in [5.74, 6) is 0.854. The predicted octanol–water partition coefficient (Wildman–Crippen LogP) is 4.37. The third kappa shape index (κ3) is 4.03. The van der Waals surface area contributed by atoms with Crippen LogP contribution in [0.5, 0.6) is 0 Å². The molecule has 3 heteroatoms. The fraction of sp³-hybridized carbons (Fsp3) is 0.444. The van der Waals surface area contributed by atoms with Crippen LogP contribution in [0.4, 0.5) is 11.4 Å². The number of nitrogens with two attached hydrogens (primary N) is 1. The fourth-order valence-corrected chi connectivity index (χ4v) is 2.16. The van der Waals surface area contributed by atoms with Gasteiger partial charge in [0.1, 0.15) is 5.82 Å². The third-order valence-electron chi connectivity index (χ3n) is 3.74. The molecule has 1 aromatic carbocycles. The summed E-state index contributed by atoms with van der Waals surface area (Å²) in [5.41, 5.74) is 9.15. The Bertz CT molecular complexity index is 512. The van der Waals surface area contributed by atoms with E-state index < -0.39 is 0 Å². The quantitative estimate of drug-likeness (QED) is 0.788. The van der Waals surface area contributed by atoms with Crippen molar-refractivity contribution in [2.45, 2.75) is 46.1 Å². The van der Waals surface area contributed by atoms with Gasteiger partial charge in [0.2, 0.25) is 0 Å². The van der Waals surface area contributed by atoms with Crippen LogP contribution >= 0.6 is 0 Å². The van der Waals surface area contributed by atoms with Crippen molar-refractivity contribution in [1.29, 1.82) is 0 Å². The van der Waals surface area contributed by atoms with Gasteiger partial charge in [-0.2, -0.15) is 0 Å². The van der Waals surface area contributed by atoms with Crippen molar-refractivity contribution in [2.24, 2.45) is 0 Å². The second-order valence-electron chi connectivity index (χ2n) is 6.34. The molecule has 0 unspecified atom stereocenters. The molecule has 0 bridgehead atoms. The van der Waals surface area contributed by atoms with Crippen LogP contribution in [0, 0.1) is 0 Å². The Morgan fingerprint density at radius 2 is 1.95 bits per heavy atom. The highest BCUT2D eigenvalue weighted by Crippen LogP contribution is 2.30. The minimum absolute atomic E-state index is 0.0186. The van der Waals surface area contributed by atoms with Gasteiger partial charge >= 0.3 is 0 Å². The highest BCUT2D eigenvalue weighted by Gasteiger charge is 2.22. The molecule has 0 spiro atoms. The van der Waals surface area contributed by atoms with Crippen LogP contribution < -0.4 is 10.6 Å². The number of aryl methyl sites for hydroxylation is 1. The molecule has 0 saturated heterocycles. The van der Waals surface area contributed by atoms with E-state index in [1.54, 1.807) is 6.20 Å². The first-order chi connectivity index (χ1) is 9.72. The molecule has 2 N–H and O–H groups in total. The summed E-state index contributed by atoms with van der Waals surface area (Å²) in [4.78, 5) is 4.06. The molecule has 0 saturated carbocycles. The first-order valence-corrected chi connectivity index (χ1v) is 7.45. The van der Waals surface area contributed by atoms with Gasteiger partial charge in [0.25, 0.3) is 0 Å². The lowest BCUT2D eigenvalue weighted by Gasteiger charge is -2.39. The van der Waals surface area contributed by atoms with Crippen molar-refractivity contribution in [3.8, 4) is 0 Å². The number of nitrogens with zero attached hydrogens (tertiary/aromatic N) is 2. The second-order valence-corrected chi connectivity index (χ2v) is 6.34. The first-order valence-electron chi connectivity index (χ1n) is 7.45. The van der Waals surface area contributed by atoms with Crippen LogP contribution in [0.25, 0.3) is 0 Å². The van der Waals surface area contributed by atoms with Gasteiger partial charge in [0, 0.05) is 18.8 Å². The van der Waals surface area contributed by atoms with Crippen molar-refractivity contribution in [1.82, 2.24) is 4.90 Å². The summed E-state index contributed by atoms with van der Waals surface area (Å²) in [5, 5.41) is 0. The molecule has 21 heavy (non-hydrogen) atoms. The lowest BCUT2D eigenvalue weighted by Crippen LogP contribution is -2.41. The number of hydrogen-bond acceptors (Lipinski definition) is 3. The number of benzene rings is 1. The predicted molar refractivity (Wildman–Crippen MR) is 94.2 cm³/mol. The lowest BCUT2D eigenvalue weighted by molar-refractivity contribution is 0.225. The van der Waals surface area contributed by atoms with E-state index in [-0.39, 0.29) is 5.54 Å². The molecular weight excluding hydrogens is 258 g/mol. The molecule has 0 fully saturated rings. The molecule has 1 aromatic rings. The maximum Gasteiger partial charge on any atom is 0.105 e. The topological polar surface area (TPSA) is 32.5 Å². The Kier molecular flexibility index (Phi) is 5.47. The number of hydrogen-bond donors (Lipinski definition) is 1. The molecule has 0 amide bonds. The van der Waals surface area contributed by atoms with Crippen LogP contribution in [0.2, 0.25) is 0 Å². The summed E-state index contributed by atoms with van der Waals surface area (Å²) in [7, 11) is 2.03. The molecule has 0 heterocycles. The molecular formula is C18H29N3. The van der Waals surface area contributed by atoms with Crippen LogP contribution in [-0.2, 0) is 6.42 Å². The molecule has 0 aliphatic carbocycles. The average molecular weight is 287 g/mol. The number of anilines is 2. The van der Waals surface area contributed by atoms with Crippen molar-refractivity contribution in [3.63, 3.8) is 0 Å². The van der Waals surface area contributed by atoms with E-state index in [4.69, 9.17) is 5.73 Å². The summed E-state index contributed by atoms with van der Waals surface area (Å²) < 4.78 is 0. The highest BCUT2D eigenvalue weighted by molar-refractivity contribution is 5.72. The van der Waals surface area contributed by atoms with E-state index >= 15 is 0 Å². The van der Waals surface area contributed by atoms with E-state index in [2.05, 4.69) is 51.8 Å². The highest BCUT2D eigenvalue weighted by atomic mass is 15.3. The summed E-state index contributed by atoms with van der Waals surface area (Å²) in [6, 6.07) is 6.21. The van der Waals surface area contributed by atoms with Gasteiger partial charge in [-0.3, -0.25) is 0 Å². The Hall–Kier alpha value is -1.90. The van der Waals surface area contributed by atoms with Crippen molar-refractivity contribution >= 4 is 11.4 Å². The zero-order valence-corrected chi connectivity index (χ0v) is 14.1. The molecule has 0 aliphatic rings. The monoisotopic (exact) mass is 287 g/mol. The van der Waals surface area contributed by atoms with E-state index in [9.17, 15) is 0 Å². The summed E-state index contributed by atoms with van der Waals surface area (Å²) in [6.45, 7) is 16.7. The molecule has 3 nitrogen and oxygen atoms in total. The molecule has 0 radical (unpaired) electrons. The largest absolute Gasteiger partial charge is 0.397 e. The van der Waals surface area contributed by atoms with Gasteiger partial charge in [0.15, 0.2) is 0 Å². The zero-order valence-electron chi connectivity index (χ0n) is 14.1. The Morgan fingerprint density at radius 3 is 2.38 bits per heavy atom. The van der Waals surface area contributed by atoms with E-state index in [0.29, 0.717) is 0 Å². The molecule has 0 atom stereocenters. The van der Waals surface area contributed by atoms with Crippen molar-refractivity contribution in [3.05, 3.63) is 48.9 Å². The van der Waals surface area contributed by atoms with Gasteiger partial charge in [-0.25, -0.2) is 0 Å². The lowest BCUT2D eigenvalue weighted by atomic mass is 10.1. The van der Waals surface area contributed by atoms with Crippen LogP contribution in [0.3, 0.4) is 0 Å². The number of nitrogen functional groups attached to an aromatic ring is 1. The second kappa shape index (κ2) is 6.70. The van der Waals surface area contributed by atoms with Gasteiger partial charge in [-0.05, 0) is 44.9 Å². The SMILES string of the molecule is C=CN(C(=C)N(C)C(C)(C)C)c1ccc(CCC)cc1N. The maximum atomic E-state index is 6.23. The summed E-state index contributed by atoms with van der Waals surface area (Å²) in [6.07, 6.45) is 3.92. The van der Waals surface area contributed by atoms with Crippen LogP contribution in [-0.4, -0.2) is 17.5 Å². The average Bonchev–Trinajstić information content (AvgIpc) is 2.40. The van der Waals surface area contributed by atoms with Crippen LogP contribution in [0.15, 0.2) is 43.4 Å². The zero-order chi connectivity index (χ0) is 16.2. The van der Waals surface area contributed by atoms with Gasteiger partial charge in [0.05, 0.1) is 11.4 Å². The van der Waals surface area contributed by atoms with Crippen molar-refractivity contribution < 1.29 is 0 Å². The third-order valence-corrected chi connectivity index (χ3v) is 3.74. The minimum Gasteiger partial charge on any atom is -0.397 e. The molecule has 116 valence electrons. The van der Waals surface area contributed by atoms with Crippen molar-refractivity contribution in [2.75, 3.05) is 17.7 Å². The Morgan fingerprint density at radius 1 is 1.33 bits per heavy atom. The Balaban J connectivity index is 3.11. The summed E-state index contributed by atoms with van der Waals surface area (Å²) >= 11 is 0. The smallest absolute Gasteiger partial charge is 0.105 e. The fourth-order valence-electron chi connectivity index (χ4n) is 2.16. The Labute approximate surface area is 129 Å².